The standard InChI is InChI=1S/C17H25NO2/c1-4-20-16-9-7-15(8-10-16)17(19)12-18-11-5-6-13(2)14(18)3/h7-10,13-14H,4-6,11-12H2,1-3H3. The fourth-order valence-electron chi connectivity index (χ4n) is 2.82. The van der Waals surface area contributed by atoms with Crippen molar-refractivity contribution >= 4 is 5.78 Å². The summed E-state index contributed by atoms with van der Waals surface area (Å²) < 4.78 is 5.40. The van der Waals surface area contributed by atoms with E-state index in [0.29, 0.717) is 25.1 Å². The molecule has 110 valence electrons. The van der Waals surface area contributed by atoms with Crippen molar-refractivity contribution in [1.82, 2.24) is 4.90 Å². The lowest BCUT2D eigenvalue weighted by molar-refractivity contribution is 0.0779. The second kappa shape index (κ2) is 6.89. The van der Waals surface area contributed by atoms with E-state index in [1.54, 1.807) is 0 Å². The molecule has 0 amide bonds. The van der Waals surface area contributed by atoms with Crippen molar-refractivity contribution in [3.05, 3.63) is 29.8 Å². The molecule has 0 radical (unpaired) electrons. The first-order chi connectivity index (χ1) is 9.61. The van der Waals surface area contributed by atoms with Crippen LogP contribution in [0.4, 0.5) is 0 Å². The average Bonchev–Trinajstić information content (AvgIpc) is 2.45. The molecule has 1 fully saturated rings. The zero-order valence-corrected chi connectivity index (χ0v) is 12.8. The summed E-state index contributed by atoms with van der Waals surface area (Å²) in [5, 5.41) is 0. The molecule has 3 nitrogen and oxygen atoms in total. The molecule has 0 aliphatic carbocycles. The van der Waals surface area contributed by atoms with Gasteiger partial charge in [0.1, 0.15) is 5.75 Å². The topological polar surface area (TPSA) is 29.5 Å². The third kappa shape index (κ3) is 3.60. The quantitative estimate of drug-likeness (QED) is 0.771. The third-order valence-electron chi connectivity index (χ3n) is 4.34. The number of nitrogens with zero attached hydrogens (tertiary/aromatic N) is 1. The fourth-order valence-corrected chi connectivity index (χ4v) is 2.82. The van der Waals surface area contributed by atoms with Crippen LogP contribution < -0.4 is 4.74 Å². The van der Waals surface area contributed by atoms with Gasteiger partial charge in [-0.25, -0.2) is 0 Å². The van der Waals surface area contributed by atoms with Crippen LogP contribution in [0.5, 0.6) is 5.75 Å². The van der Waals surface area contributed by atoms with Crippen LogP contribution in [-0.4, -0.2) is 36.4 Å². The highest BCUT2D eigenvalue weighted by molar-refractivity contribution is 5.97. The van der Waals surface area contributed by atoms with Gasteiger partial charge in [-0.2, -0.15) is 0 Å². The Kier molecular flexibility index (Phi) is 5.18. The number of carbonyl (C=O) groups excluding carboxylic acids is 1. The summed E-state index contributed by atoms with van der Waals surface area (Å²) in [5.41, 5.74) is 0.777. The molecule has 1 aromatic rings. The number of carbonyl (C=O) groups is 1. The lowest BCUT2D eigenvalue weighted by Crippen LogP contribution is -2.44. The number of ketones is 1. The van der Waals surface area contributed by atoms with Gasteiger partial charge < -0.3 is 4.74 Å². The zero-order chi connectivity index (χ0) is 14.5. The summed E-state index contributed by atoms with van der Waals surface area (Å²) >= 11 is 0. The molecule has 0 spiro atoms. The van der Waals surface area contributed by atoms with E-state index in [0.717, 1.165) is 17.9 Å². The molecule has 1 aliphatic rings. The number of hydrogen-bond donors (Lipinski definition) is 0. The van der Waals surface area contributed by atoms with Gasteiger partial charge in [0.05, 0.1) is 13.2 Å². The maximum absolute atomic E-state index is 12.4. The first-order valence-electron chi connectivity index (χ1n) is 7.62. The molecule has 1 aliphatic heterocycles. The monoisotopic (exact) mass is 275 g/mol. The maximum Gasteiger partial charge on any atom is 0.176 e. The number of likely N-dealkylation sites (tertiary alicyclic amines) is 1. The molecule has 1 heterocycles. The third-order valence-corrected chi connectivity index (χ3v) is 4.34. The number of benzene rings is 1. The summed E-state index contributed by atoms with van der Waals surface area (Å²) in [6.45, 7) is 8.68. The molecule has 0 bridgehead atoms. The van der Waals surface area contributed by atoms with Gasteiger partial charge in [0, 0.05) is 11.6 Å². The van der Waals surface area contributed by atoms with Crippen LogP contribution in [0.2, 0.25) is 0 Å². The predicted molar refractivity (Wildman–Crippen MR) is 81.4 cm³/mol. The van der Waals surface area contributed by atoms with Gasteiger partial charge in [0.2, 0.25) is 0 Å². The van der Waals surface area contributed by atoms with E-state index >= 15 is 0 Å². The molecule has 1 saturated heterocycles. The number of ether oxygens (including phenoxy) is 1. The lowest BCUT2D eigenvalue weighted by Gasteiger charge is -2.37. The normalized spacial score (nSPS) is 23.6. The Morgan fingerprint density at radius 3 is 2.65 bits per heavy atom. The van der Waals surface area contributed by atoms with Gasteiger partial charge >= 0.3 is 0 Å². The van der Waals surface area contributed by atoms with Crippen molar-refractivity contribution in [2.75, 3.05) is 19.7 Å². The van der Waals surface area contributed by atoms with Gasteiger partial charge in [-0.05, 0) is 63.4 Å². The summed E-state index contributed by atoms with van der Waals surface area (Å²) in [6.07, 6.45) is 2.47. The van der Waals surface area contributed by atoms with Crippen LogP contribution >= 0.6 is 0 Å². The van der Waals surface area contributed by atoms with Gasteiger partial charge in [0.15, 0.2) is 5.78 Å². The van der Waals surface area contributed by atoms with E-state index in [2.05, 4.69) is 18.7 Å². The smallest absolute Gasteiger partial charge is 0.176 e. The second-order valence-corrected chi connectivity index (χ2v) is 5.71. The van der Waals surface area contributed by atoms with Crippen molar-refractivity contribution in [3.63, 3.8) is 0 Å². The van der Waals surface area contributed by atoms with Gasteiger partial charge in [-0.15, -0.1) is 0 Å². The molecular formula is C17H25NO2. The van der Waals surface area contributed by atoms with Crippen LogP contribution in [0.15, 0.2) is 24.3 Å². The van der Waals surface area contributed by atoms with Crippen LogP contribution in [0.3, 0.4) is 0 Å². The SMILES string of the molecule is CCOc1ccc(C(=O)CN2CCCC(C)C2C)cc1. The summed E-state index contributed by atoms with van der Waals surface area (Å²) in [4.78, 5) is 14.7. The van der Waals surface area contributed by atoms with Gasteiger partial charge in [-0.1, -0.05) is 6.92 Å². The molecule has 20 heavy (non-hydrogen) atoms. The first-order valence-corrected chi connectivity index (χ1v) is 7.62. The van der Waals surface area contributed by atoms with Crippen LogP contribution in [0.25, 0.3) is 0 Å². The molecule has 2 atom stereocenters. The van der Waals surface area contributed by atoms with E-state index in [1.165, 1.54) is 12.8 Å². The van der Waals surface area contributed by atoms with Crippen LogP contribution in [-0.2, 0) is 0 Å². The highest BCUT2D eigenvalue weighted by atomic mass is 16.5. The summed E-state index contributed by atoms with van der Waals surface area (Å²) in [7, 11) is 0. The molecule has 1 aromatic carbocycles. The highest BCUT2D eigenvalue weighted by Crippen LogP contribution is 2.23. The Morgan fingerprint density at radius 1 is 1.30 bits per heavy atom. The van der Waals surface area contributed by atoms with E-state index in [1.807, 2.05) is 31.2 Å². The summed E-state index contributed by atoms with van der Waals surface area (Å²) in [6, 6.07) is 7.98. The predicted octanol–water partition coefficient (Wildman–Crippen LogP) is 3.39. The molecular weight excluding hydrogens is 250 g/mol. The Labute approximate surface area is 121 Å². The maximum atomic E-state index is 12.4. The van der Waals surface area contributed by atoms with E-state index < -0.39 is 0 Å². The minimum atomic E-state index is 0.203. The molecule has 0 saturated carbocycles. The van der Waals surface area contributed by atoms with Crippen molar-refractivity contribution in [2.24, 2.45) is 5.92 Å². The summed E-state index contributed by atoms with van der Waals surface area (Å²) in [5.74, 6) is 1.70. The van der Waals surface area contributed by atoms with Crippen molar-refractivity contribution in [3.8, 4) is 5.75 Å². The Balaban J connectivity index is 1.97. The van der Waals surface area contributed by atoms with E-state index in [4.69, 9.17) is 4.74 Å². The largest absolute Gasteiger partial charge is 0.494 e. The molecule has 2 rings (SSSR count). The molecule has 0 N–H and O–H groups in total. The number of hydrogen-bond acceptors (Lipinski definition) is 3. The van der Waals surface area contributed by atoms with Crippen LogP contribution in [0.1, 0.15) is 44.0 Å². The number of rotatable bonds is 5. The highest BCUT2D eigenvalue weighted by Gasteiger charge is 2.26. The Morgan fingerprint density at radius 2 is 2.00 bits per heavy atom. The average molecular weight is 275 g/mol. The van der Waals surface area contributed by atoms with E-state index in [-0.39, 0.29) is 5.78 Å². The van der Waals surface area contributed by atoms with Crippen molar-refractivity contribution in [1.29, 1.82) is 0 Å². The minimum absolute atomic E-state index is 0.203. The van der Waals surface area contributed by atoms with E-state index in [9.17, 15) is 4.79 Å². The Bertz CT molecular complexity index is 441. The van der Waals surface area contributed by atoms with Crippen LogP contribution in [0, 0.1) is 5.92 Å². The van der Waals surface area contributed by atoms with Crippen molar-refractivity contribution in [2.45, 2.75) is 39.7 Å². The second-order valence-electron chi connectivity index (χ2n) is 5.71. The number of piperidine rings is 1. The lowest BCUT2D eigenvalue weighted by atomic mass is 9.91. The Hall–Kier alpha value is -1.35. The molecule has 0 aromatic heterocycles. The zero-order valence-electron chi connectivity index (χ0n) is 12.8. The van der Waals surface area contributed by atoms with Crippen molar-refractivity contribution < 1.29 is 9.53 Å². The van der Waals surface area contributed by atoms with Gasteiger partial charge in [-0.3, -0.25) is 9.69 Å². The number of Topliss-reactive ketones (excluding diaryl/α,β-unsaturated/α-hetero) is 1. The van der Waals surface area contributed by atoms with Gasteiger partial charge in [0.25, 0.3) is 0 Å². The minimum Gasteiger partial charge on any atom is -0.494 e. The first kappa shape index (κ1) is 15.0. The molecule has 3 heteroatoms. The molecule has 2 unspecified atom stereocenters. The fraction of sp³-hybridized carbons (Fsp3) is 0.588.